The Bertz CT molecular complexity index is 701. The van der Waals surface area contributed by atoms with E-state index < -0.39 is 11.6 Å². The summed E-state index contributed by atoms with van der Waals surface area (Å²) >= 11 is 0. The van der Waals surface area contributed by atoms with Gasteiger partial charge in [0.2, 0.25) is 0 Å². The summed E-state index contributed by atoms with van der Waals surface area (Å²) in [4.78, 5) is 1.92. The maximum Gasteiger partial charge on any atom is 0.141 e. The van der Waals surface area contributed by atoms with Gasteiger partial charge >= 0.3 is 0 Å². The lowest BCUT2D eigenvalue weighted by molar-refractivity contribution is 0.129. The normalized spacial score (nSPS) is 23.3. The van der Waals surface area contributed by atoms with Gasteiger partial charge in [0.25, 0.3) is 0 Å². The van der Waals surface area contributed by atoms with E-state index in [2.05, 4.69) is 18.1 Å². The molecule has 0 amide bonds. The van der Waals surface area contributed by atoms with Crippen LogP contribution < -0.4 is 9.91 Å². The third-order valence-corrected chi connectivity index (χ3v) is 4.79. The molecule has 2 aromatic carbocycles. The van der Waals surface area contributed by atoms with Crippen LogP contribution >= 0.6 is 0 Å². The van der Waals surface area contributed by atoms with Crippen molar-refractivity contribution in [3.05, 3.63) is 60.2 Å². The minimum atomic E-state index is -0.613. The van der Waals surface area contributed by atoms with Crippen molar-refractivity contribution in [1.82, 2.24) is 0 Å². The van der Waals surface area contributed by atoms with E-state index in [1.807, 2.05) is 78.7 Å². The van der Waals surface area contributed by atoms with E-state index in [9.17, 15) is 5.11 Å². The molecule has 1 aliphatic rings. The topological polar surface area (TPSA) is 39.1 Å². The summed E-state index contributed by atoms with van der Waals surface area (Å²) in [5, 5.41) is 17.3. The van der Waals surface area contributed by atoms with Crippen molar-refractivity contribution in [2.24, 2.45) is 5.10 Å². The van der Waals surface area contributed by atoms with Crippen LogP contribution in [0.2, 0.25) is 0 Å². The summed E-state index contributed by atoms with van der Waals surface area (Å²) in [6.45, 7) is 2.09. The average Bonchev–Trinajstić information content (AvgIpc) is 2.82. The number of anilines is 2. The molecular weight excluding hydrogens is 286 g/mol. The largest absolute Gasteiger partial charge is 0.372 e. The third kappa shape index (κ3) is 2.49. The first-order chi connectivity index (χ1) is 11.1. The van der Waals surface area contributed by atoms with E-state index in [1.165, 1.54) is 0 Å². The van der Waals surface area contributed by atoms with Crippen molar-refractivity contribution in [3.8, 4) is 0 Å². The maximum atomic E-state index is 10.8. The lowest BCUT2D eigenvalue weighted by Crippen LogP contribution is -2.44. The predicted molar refractivity (Wildman–Crippen MR) is 96.2 cm³/mol. The van der Waals surface area contributed by atoms with Gasteiger partial charge in [-0.15, -0.1) is 0 Å². The van der Waals surface area contributed by atoms with E-state index in [0.717, 1.165) is 23.4 Å². The van der Waals surface area contributed by atoms with Gasteiger partial charge in [0.05, 0.1) is 11.1 Å². The number of para-hydroxylation sites is 2. The standard InChI is InChI=1S/C19H23N3O/c1-4-19(14-20-22(3)15-10-6-5-7-11-15)16-12-8-9-13-17(16)21(2)18(19)23/h5-14,18,23H,4H2,1-3H3. The molecule has 2 aromatic rings. The van der Waals surface area contributed by atoms with Crippen LogP contribution in [0.1, 0.15) is 18.9 Å². The Morgan fingerprint density at radius 2 is 1.83 bits per heavy atom. The molecule has 2 unspecified atom stereocenters. The minimum Gasteiger partial charge on any atom is -0.372 e. The smallest absolute Gasteiger partial charge is 0.141 e. The van der Waals surface area contributed by atoms with Gasteiger partial charge in [-0.3, -0.25) is 5.01 Å². The zero-order valence-electron chi connectivity index (χ0n) is 13.8. The molecule has 1 aliphatic heterocycles. The number of rotatable bonds is 4. The van der Waals surface area contributed by atoms with E-state index in [-0.39, 0.29) is 0 Å². The molecule has 0 aliphatic carbocycles. The van der Waals surface area contributed by atoms with Crippen molar-refractivity contribution >= 4 is 17.6 Å². The second-order valence-corrected chi connectivity index (χ2v) is 6.00. The Hall–Kier alpha value is -2.33. The van der Waals surface area contributed by atoms with Gasteiger partial charge in [-0.2, -0.15) is 5.10 Å². The van der Waals surface area contributed by atoms with Crippen LogP contribution in [-0.2, 0) is 5.41 Å². The molecule has 0 radical (unpaired) electrons. The maximum absolute atomic E-state index is 10.8. The average molecular weight is 309 g/mol. The number of benzene rings is 2. The first-order valence-corrected chi connectivity index (χ1v) is 7.94. The quantitative estimate of drug-likeness (QED) is 0.696. The zero-order valence-corrected chi connectivity index (χ0v) is 13.8. The lowest BCUT2D eigenvalue weighted by Gasteiger charge is -2.30. The van der Waals surface area contributed by atoms with E-state index in [1.54, 1.807) is 0 Å². The highest BCUT2D eigenvalue weighted by atomic mass is 16.3. The van der Waals surface area contributed by atoms with Crippen LogP contribution in [0.15, 0.2) is 59.7 Å². The summed E-state index contributed by atoms with van der Waals surface area (Å²) < 4.78 is 0. The molecule has 1 N–H and O–H groups in total. The molecular formula is C19H23N3O. The van der Waals surface area contributed by atoms with Crippen LogP contribution in [-0.4, -0.2) is 31.6 Å². The fraction of sp³-hybridized carbons (Fsp3) is 0.316. The fourth-order valence-electron chi connectivity index (χ4n) is 3.29. The Kier molecular flexibility index (Phi) is 4.09. The number of aliphatic hydroxyl groups excluding tert-OH is 1. The van der Waals surface area contributed by atoms with Crippen molar-refractivity contribution in [2.75, 3.05) is 24.0 Å². The number of aliphatic hydroxyl groups is 1. The summed E-state index contributed by atoms with van der Waals surface area (Å²) in [5.74, 6) is 0. The second kappa shape index (κ2) is 6.05. The molecule has 120 valence electrons. The van der Waals surface area contributed by atoms with E-state index >= 15 is 0 Å². The molecule has 23 heavy (non-hydrogen) atoms. The number of hydrogen-bond acceptors (Lipinski definition) is 4. The highest BCUT2D eigenvalue weighted by Gasteiger charge is 2.47. The highest BCUT2D eigenvalue weighted by Crippen LogP contribution is 2.44. The first-order valence-electron chi connectivity index (χ1n) is 7.94. The van der Waals surface area contributed by atoms with Gasteiger partial charge in [0.1, 0.15) is 6.23 Å². The van der Waals surface area contributed by atoms with Gasteiger partial charge in [0.15, 0.2) is 0 Å². The van der Waals surface area contributed by atoms with Gasteiger partial charge in [-0.05, 0) is 30.2 Å². The first kappa shape index (κ1) is 15.6. The molecule has 2 atom stereocenters. The van der Waals surface area contributed by atoms with Crippen LogP contribution in [0.3, 0.4) is 0 Å². The number of likely N-dealkylation sites (N-methyl/N-ethyl adjacent to an activating group) is 1. The highest BCUT2D eigenvalue weighted by molar-refractivity contribution is 5.83. The Morgan fingerprint density at radius 1 is 1.17 bits per heavy atom. The van der Waals surface area contributed by atoms with E-state index in [0.29, 0.717) is 0 Å². The molecule has 0 aromatic heterocycles. The molecule has 0 spiro atoms. The van der Waals surface area contributed by atoms with Crippen LogP contribution in [0.5, 0.6) is 0 Å². The Balaban J connectivity index is 1.97. The third-order valence-electron chi connectivity index (χ3n) is 4.79. The molecule has 0 fully saturated rings. The van der Waals surface area contributed by atoms with Gasteiger partial charge in [-0.25, -0.2) is 0 Å². The van der Waals surface area contributed by atoms with Crippen LogP contribution in [0, 0.1) is 0 Å². The molecule has 4 nitrogen and oxygen atoms in total. The van der Waals surface area contributed by atoms with Crippen molar-refractivity contribution in [2.45, 2.75) is 25.0 Å². The van der Waals surface area contributed by atoms with Crippen molar-refractivity contribution < 1.29 is 5.11 Å². The Morgan fingerprint density at radius 3 is 2.52 bits per heavy atom. The van der Waals surface area contributed by atoms with Gasteiger partial charge in [0, 0.05) is 26.0 Å². The second-order valence-electron chi connectivity index (χ2n) is 6.00. The number of hydrazone groups is 1. The molecule has 0 saturated carbocycles. The minimum absolute atomic E-state index is 0.492. The predicted octanol–water partition coefficient (Wildman–Crippen LogP) is 3.22. The van der Waals surface area contributed by atoms with Crippen LogP contribution in [0.25, 0.3) is 0 Å². The molecule has 0 bridgehead atoms. The molecule has 4 heteroatoms. The van der Waals surface area contributed by atoms with Gasteiger partial charge in [-0.1, -0.05) is 43.3 Å². The van der Waals surface area contributed by atoms with Crippen molar-refractivity contribution in [1.29, 1.82) is 0 Å². The monoisotopic (exact) mass is 309 g/mol. The Labute approximate surface area is 137 Å². The molecule has 3 rings (SSSR count). The number of nitrogens with zero attached hydrogens (tertiary/aromatic N) is 3. The molecule has 0 saturated heterocycles. The lowest BCUT2D eigenvalue weighted by atomic mass is 9.79. The SMILES string of the molecule is CCC1(C=NN(C)c2ccccc2)c2ccccc2N(C)C1O. The fourth-order valence-corrected chi connectivity index (χ4v) is 3.29. The number of fused-ring (bicyclic) bond motifs is 1. The van der Waals surface area contributed by atoms with Crippen LogP contribution in [0.4, 0.5) is 11.4 Å². The summed E-state index contributed by atoms with van der Waals surface area (Å²) in [6, 6.07) is 18.1. The van der Waals surface area contributed by atoms with Gasteiger partial charge < -0.3 is 10.0 Å². The summed E-state index contributed by atoms with van der Waals surface area (Å²) in [5.41, 5.74) is 2.72. The van der Waals surface area contributed by atoms with Crippen molar-refractivity contribution in [3.63, 3.8) is 0 Å². The van der Waals surface area contributed by atoms with E-state index in [4.69, 9.17) is 0 Å². The summed E-state index contributed by atoms with van der Waals surface area (Å²) in [7, 11) is 3.85. The zero-order chi connectivity index (χ0) is 16.4. The molecule has 1 heterocycles. The number of hydrogen-bond donors (Lipinski definition) is 1. The summed E-state index contributed by atoms with van der Waals surface area (Å²) in [6.07, 6.45) is 2.06.